The number of aliphatic carboxylic acids is 1. The van der Waals surface area contributed by atoms with E-state index in [0.717, 1.165) is 6.07 Å². The smallest absolute Gasteiger partial charge is 0.312 e. The van der Waals surface area contributed by atoms with Gasteiger partial charge in [0.2, 0.25) is 0 Å². The Bertz CT molecular complexity index is 463. The molecule has 0 aromatic heterocycles. The average molecular weight is 251 g/mol. The van der Waals surface area contributed by atoms with Gasteiger partial charge in [0.15, 0.2) is 0 Å². The Morgan fingerprint density at radius 2 is 2.00 bits per heavy atom. The molecule has 86 valence electrons. The Kier molecular flexibility index (Phi) is 3.09. The molecule has 0 bridgehead atoms. The fraction of sp³-hybridized carbons (Fsp3) is 0.125. The maximum absolute atomic E-state index is 12.9. The molecule has 0 atom stereocenters. The molecular weight excluding hydrogens is 248 g/mol. The Hall–Kier alpha value is -1.76. The van der Waals surface area contributed by atoms with Crippen molar-refractivity contribution in [2.75, 3.05) is 0 Å². The van der Waals surface area contributed by atoms with E-state index in [9.17, 15) is 28.8 Å². The molecule has 0 amide bonds. The van der Waals surface area contributed by atoms with Gasteiger partial charge in [0, 0.05) is 11.6 Å². The lowest BCUT2D eigenvalue weighted by molar-refractivity contribution is -0.384. The van der Waals surface area contributed by atoms with E-state index < -0.39 is 28.1 Å². The van der Waals surface area contributed by atoms with Crippen LogP contribution in [0.15, 0.2) is 18.2 Å². The number of halogens is 3. The summed E-state index contributed by atoms with van der Waals surface area (Å²) in [6, 6.07) is 1.91. The van der Waals surface area contributed by atoms with Gasteiger partial charge in [-0.15, -0.1) is 0 Å². The molecule has 0 fully saturated rings. The van der Waals surface area contributed by atoms with Crippen LogP contribution in [0, 0.1) is 10.1 Å². The van der Waals surface area contributed by atoms with Gasteiger partial charge >= 0.3 is 5.92 Å². The van der Waals surface area contributed by atoms with E-state index in [-0.39, 0.29) is 5.02 Å². The van der Waals surface area contributed by atoms with Crippen molar-refractivity contribution in [2.45, 2.75) is 5.92 Å². The molecule has 0 radical (unpaired) electrons. The lowest BCUT2D eigenvalue weighted by atomic mass is 10.1. The number of nitro benzene ring substituents is 1. The number of carboxylic acid groups (broad SMARTS) is 1. The summed E-state index contributed by atoms with van der Waals surface area (Å²) in [5.74, 6) is -6.93. The Morgan fingerprint density at radius 1 is 1.44 bits per heavy atom. The second-order valence-corrected chi connectivity index (χ2v) is 3.19. The van der Waals surface area contributed by atoms with E-state index in [1.807, 2.05) is 0 Å². The first-order valence-corrected chi connectivity index (χ1v) is 4.18. The van der Waals surface area contributed by atoms with E-state index in [1.165, 1.54) is 0 Å². The lowest BCUT2D eigenvalue weighted by Crippen LogP contribution is -2.39. The Balaban J connectivity index is 3.33. The molecule has 0 aliphatic carbocycles. The molecule has 1 aromatic rings. The fourth-order valence-electron chi connectivity index (χ4n) is 0.966. The van der Waals surface area contributed by atoms with Crippen LogP contribution in [0.4, 0.5) is 14.5 Å². The Morgan fingerprint density at radius 3 is 2.44 bits per heavy atom. The fourth-order valence-corrected chi connectivity index (χ4v) is 1.15. The van der Waals surface area contributed by atoms with Crippen molar-refractivity contribution in [1.29, 1.82) is 0 Å². The van der Waals surface area contributed by atoms with E-state index >= 15 is 0 Å². The number of hydrogen-bond acceptors (Lipinski definition) is 4. The minimum absolute atomic E-state index is 0.358. The first kappa shape index (κ1) is 12.3. The molecule has 0 heterocycles. The van der Waals surface area contributed by atoms with Crippen LogP contribution in [0.25, 0.3) is 0 Å². The molecule has 5 nitrogen and oxygen atoms in total. The number of rotatable bonds is 3. The molecule has 16 heavy (non-hydrogen) atoms. The number of carboxylic acids is 1. The maximum atomic E-state index is 12.9. The minimum atomic E-state index is -4.30. The number of hydrogen-bond donors (Lipinski definition) is 0. The van der Waals surface area contributed by atoms with Gasteiger partial charge in [0.1, 0.15) is 11.0 Å². The molecule has 0 aliphatic rings. The first-order valence-electron chi connectivity index (χ1n) is 3.80. The second kappa shape index (κ2) is 4.01. The van der Waals surface area contributed by atoms with Crippen molar-refractivity contribution < 1.29 is 23.6 Å². The number of nitro groups is 1. The summed E-state index contributed by atoms with van der Waals surface area (Å²) in [4.78, 5) is 19.5. The van der Waals surface area contributed by atoms with Crippen molar-refractivity contribution in [3.63, 3.8) is 0 Å². The molecule has 1 rings (SSSR count). The summed E-state index contributed by atoms with van der Waals surface area (Å²) in [5, 5.41) is 20.1. The van der Waals surface area contributed by atoms with Crippen LogP contribution >= 0.6 is 11.6 Å². The van der Waals surface area contributed by atoms with Crippen molar-refractivity contribution in [3.05, 3.63) is 38.9 Å². The van der Waals surface area contributed by atoms with Crippen molar-refractivity contribution >= 4 is 23.3 Å². The molecule has 0 saturated heterocycles. The molecule has 0 N–H and O–H groups in total. The largest absolute Gasteiger partial charge is 0.544 e. The van der Waals surface area contributed by atoms with Crippen LogP contribution < -0.4 is 5.11 Å². The topological polar surface area (TPSA) is 83.3 Å². The van der Waals surface area contributed by atoms with E-state index in [4.69, 9.17) is 11.6 Å². The number of benzene rings is 1. The second-order valence-electron chi connectivity index (χ2n) is 2.79. The molecule has 8 heteroatoms. The van der Waals surface area contributed by atoms with Gasteiger partial charge in [-0.05, 0) is 6.07 Å². The van der Waals surface area contributed by atoms with Crippen LogP contribution in [0.3, 0.4) is 0 Å². The highest BCUT2D eigenvalue weighted by atomic mass is 35.5. The highest BCUT2D eigenvalue weighted by Crippen LogP contribution is 2.33. The van der Waals surface area contributed by atoms with Crippen LogP contribution in [-0.2, 0) is 10.7 Å². The molecule has 0 saturated carbocycles. The normalized spacial score (nSPS) is 11.2. The quantitative estimate of drug-likeness (QED) is 0.594. The van der Waals surface area contributed by atoms with E-state index in [0.29, 0.717) is 12.1 Å². The monoisotopic (exact) mass is 250 g/mol. The Labute approximate surface area is 92.4 Å². The van der Waals surface area contributed by atoms with Gasteiger partial charge in [0.25, 0.3) is 5.69 Å². The predicted molar refractivity (Wildman–Crippen MR) is 47.0 cm³/mol. The molecule has 0 spiro atoms. The molecule has 1 aromatic carbocycles. The van der Waals surface area contributed by atoms with Crippen molar-refractivity contribution in [1.82, 2.24) is 0 Å². The van der Waals surface area contributed by atoms with E-state index in [1.54, 1.807) is 0 Å². The number of alkyl halides is 2. The zero-order chi connectivity index (χ0) is 12.5. The third-order valence-corrected chi connectivity index (χ3v) is 2.08. The van der Waals surface area contributed by atoms with Crippen LogP contribution in [0.1, 0.15) is 5.56 Å². The van der Waals surface area contributed by atoms with Gasteiger partial charge in [-0.25, -0.2) is 0 Å². The third-order valence-electron chi connectivity index (χ3n) is 1.76. The maximum Gasteiger partial charge on any atom is 0.312 e. The highest BCUT2D eigenvalue weighted by Gasteiger charge is 2.35. The van der Waals surface area contributed by atoms with Crippen LogP contribution in [0.2, 0.25) is 5.02 Å². The highest BCUT2D eigenvalue weighted by molar-refractivity contribution is 6.32. The predicted octanol–water partition coefficient (Wildman–Crippen LogP) is 1.09. The van der Waals surface area contributed by atoms with Crippen molar-refractivity contribution in [2.24, 2.45) is 0 Å². The summed E-state index contributed by atoms with van der Waals surface area (Å²) in [6.07, 6.45) is 0. The van der Waals surface area contributed by atoms with Gasteiger partial charge in [-0.2, -0.15) is 8.78 Å². The number of carbonyl (C=O) groups excluding carboxylic acids is 1. The van der Waals surface area contributed by atoms with Gasteiger partial charge < -0.3 is 9.90 Å². The SMILES string of the molecule is O=C([O-])C(F)(F)c1ccc(Cl)c([N+](=O)[O-])c1. The summed E-state index contributed by atoms with van der Waals surface area (Å²) < 4.78 is 25.9. The molecular formula is C8H3ClF2NO4-. The minimum Gasteiger partial charge on any atom is -0.544 e. The standard InChI is InChI=1S/C8H4ClF2NO4/c9-5-2-1-4(3-6(5)12(15)16)8(10,11)7(13)14/h1-3H,(H,13,14)/p-1. The zero-order valence-electron chi connectivity index (χ0n) is 7.45. The van der Waals surface area contributed by atoms with Crippen LogP contribution in [0.5, 0.6) is 0 Å². The molecule has 0 unspecified atom stereocenters. The van der Waals surface area contributed by atoms with Crippen molar-refractivity contribution in [3.8, 4) is 0 Å². The van der Waals surface area contributed by atoms with Crippen LogP contribution in [-0.4, -0.2) is 10.9 Å². The third kappa shape index (κ3) is 2.08. The lowest BCUT2D eigenvalue weighted by Gasteiger charge is -2.17. The van der Waals surface area contributed by atoms with Gasteiger partial charge in [0.05, 0.1) is 4.92 Å². The number of carbonyl (C=O) groups is 1. The van der Waals surface area contributed by atoms with Gasteiger partial charge in [-0.1, -0.05) is 17.7 Å². The summed E-state index contributed by atoms with van der Waals surface area (Å²) >= 11 is 5.37. The molecule has 0 aliphatic heterocycles. The zero-order valence-corrected chi connectivity index (χ0v) is 8.20. The average Bonchev–Trinajstić information content (AvgIpc) is 2.17. The van der Waals surface area contributed by atoms with E-state index in [2.05, 4.69) is 0 Å². The number of nitrogens with zero attached hydrogens (tertiary/aromatic N) is 1. The summed E-state index contributed by atoms with van der Waals surface area (Å²) in [6.45, 7) is 0. The summed E-state index contributed by atoms with van der Waals surface area (Å²) in [7, 11) is 0. The van der Waals surface area contributed by atoms with Gasteiger partial charge in [-0.3, -0.25) is 10.1 Å². The summed E-state index contributed by atoms with van der Waals surface area (Å²) in [5.41, 5.74) is -1.84. The first-order chi connectivity index (χ1) is 7.26.